The molecule has 2 saturated heterocycles. The molecule has 1 unspecified atom stereocenters. The van der Waals surface area contributed by atoms with Crippen LogP contribution in [-0.2, 0) is 4.79 Å². The van der Waals surface area contributed by atoms with Gasteiger partial charge in [-0.25, -0.2) is 0 Å². The minimum Gasteiger partial charge on any atom is -0.353 e. The van der Waals surface area contributed by atoms with Gasteiger partial charge in [0.25, 0.3) is 0 Å². The number of hydrogen-bond donors (Lipinski definition) is 2. The highest BCUT2D eigenvalue weighted by atomic mass is 16.2. The summed E-state index contributed by atoms with van der Waals surface area (Å²) in [7, 11) is 0. The third-order valence-corrected chi connectivity index (χ3v) is 5.87. The molecule has 3 rings (SSSR count). The number of rotatable bonds is 5. The molecule has 21 heavy (non-hydrogen) atoms. The molecule has 1 amide bonds. The Morgan fingerprint density at radius 2 is 2.00 bits per heavy atom. The summed E-state index contributed by atoms with van der Waals surface area (Å²) in [5.74, 6) is 0.668. The van der Waals surface area contributed by atoms with Gasteiger partial charge < -0.3 is 15.5 Å². The Kier molecular flexibility index (Phi) is 4.85. The second kappa shape index (κ2) is 6.66. The van der Waals surface area contributed by atoms with Crippen molar-refractivity contribution in [2.24, 2.45) is 11.3 Å². The van der Waals surface area contributed by atoms with Gasteiger partial charge in [0.05, 0.1) is 0 Å². The summed E-state index contributed by atoms with van der Waals surface area (Å²) < 4.78 is 0. The van der Waals surface area contributed by atoms with Gasteiger partial charge in [-0.2, -0.15) is 0 Å². The summed E-state index contributed by atoms with van der Waals surface area (Å²) in [6.07, 6.45) is 8.37. The van der Waals surface area contributed by atoms with E-state index in [2.05, 4.69) is 22.5 Å². The number of unbranched alkanes of at least 4 members (excludes halogenated alkanes) is 1. The number of amides is 1. The minimum absolute atomic E-state index is 0.317. The third kappa shape index (κ3) is 3.59. The van der Waals surface area contributed by atoms with Gasteiger partial charge in [0.2, 0.25) is 5.91 Å². The van der Waals surface area contributed by atoms with Crippen LogP contribution in [0.3, 0.4) is 0 Å². The van der Waals surface area contributed by atoms with E-state index in [9.17, 15) is 4.79 Å². The minimum atomic E-state index is 0.317. The largest absolute Gasteiger partial charge is 0.353 e. The second-order valence-corrected chi connectivity index (χ2v) is 7.35. The number of piperidine rings is 2. The Morgan fingerprint density at radius 1 is 1.29 bits per heavy atom. The molecule has 4 nitrogen and oxygen atoms in total. The maximum absolute atomic E-state index is 12.5. The first-order chi connectivity index (χ1) is 10.2. The first-order valence-electron chi connectivity index (χ1n) is 8.97. The molecule has 0 radical (unpaired) electrons. The van der Waals surface area contributed by atoms with E-state index >= 15 is 0 Å². The molecule has 0 aromatic rings. The van der Waals surface area contributed by atoms with Crippen molar-refractivity contribution in [2.45, 2.75) is 57.9 Å². The molecule has 120 valence electrons. The average molecular weight is 293 g/mol. The van der Waals surface area contributed by atoms with Crippen LogP contribution in [0.25, 0.3) is 0 Å². The molecule has 1 spiro atoms. The van der Waals surface area contributed by atoms with Gasteiger partial charge in [0.1, 0.15) is 0 Å². The van der Waals surface area contributed by atoms with Crippen LogP contribution in [0.2, 0.25) is 0 Å². The van der Waals surface area contributed by atoms with Crippen LogP contribution < -0.4 is 10.6 Å². The highest BCUT2D eigenvalue weighted by Gasteiger charge is 2.57. The number of carbonyl (C=O) groups excluding carboxylic acids is 1. The molecule has 4 heteroatoms. The van der Waals surface area contributed by atoms with Crippen molar-refractivity contribution in [3.05, 3.63) is 0 Å². The maximum Gasteiger partial charge on any atom is 0.223 e. The second-order valence-electron chi connectivity index (χ2n) is 7.35. The molecule has 1 aliphatic carbocycles. The van der Waals surface area contributed by atoms with Crippen LogP contribution in [-0.4, -0.2) is 49.6 Å². The quantitative estimate of drug-likeness (QED) is 0.812. The Balaban J connectivity index is 1.39. The highest BCUT2D eigenvalue weighted by molar-refractivity contribution is 5.82. The van der Waals surface area contributed by atoms with Crippen molar-refractivity contribution in [1.82, 2.24) is 15.5 Å². The lowest BCUT2D eigenvalue weighted by atomic mass is 9.91. The van der Waals surface area contributed by atoms with Gasteiger partial charge in [0.15, 0.2) is 0 Å². The summed E-state index contributed by atoms with van der Waals surface area (Å²) in [4.78, 5) is 15.0. The van der Waals surface area contributed by atoms with Crippen molar-refractivity contribution in [3.8, 4) is 0 Å². The standard InChI is InChI=1S/C17H31N3O/c1-2-3-10-20-11-4-14(5-12-20)19-16(21)15-13-17(15)6-8-18-9-7-17/h14-15,18H,2-13H2,1H3,(H,19,21). The van der Waals surface area contributed by atoms with Crippen molar-refractivity contribution < 1.29 is 4.79 Å². The molecule has 2 heterocycles. The fourth-order valence-electron chi connectivity index (χ4n) is 4.18. The van der Waals surface area contributed by atoms with Gasteiger partial charge in [-0.1, -0.05) is 13.3 Å². The summed E-state index contributed by atoms with van der Waals surface area (Å²) in [5.41, 5.74) is 0.372. The maximum atomic E-state index is 12.5. The number of nitrogens with one attached hydrogen (secondary N) is 2. The molecule has 2 N–H and O–H groups in total. The van der Waals surface area contributed by atoms with E-state index in [4.69, 9.17) is 0 Å². The van der Waals surface area contributed by atoms with E-state index in [1.165, 1.54) is 32.2 Å². The highest BCUT2D eigenvalue weighted by Crippen LogP contribution is 2.58. The zero-order valence-electron chi connectivity index (χ0n) is 13.5. The molecule has 3 aliphatic rings. The van der Waals surface area contributed by atoms with Gasteiger partial charge in [-0.05, 0) is 63.6 Å². The third-order valence-electron chi connectivity index (χ3n) is 5.87. The molecule has 0 aromatic heterocycles. The lowest BCUT2D eigenvalue weighted by molar-refractivity contribution is -0.124. The van der Waals surface area contributed by atoms with E-state index in [1.807, 2.05) is 0 Å². The van der Waals surface area contributed by atoms with Crippen molar-refractivity contribution in [3.63, 3.8) is 0 Å². The topological polar surface area (TPSA) is 44.4 Å². The normalized spacial score (nSPS) is 29.5. The number of nitrogens with zero attached hydrogens (tertiary/aromatic N) is 1. The van der Waals surface area contributed by atoms with E-state index in [-0.39, 0.29) is 0 Å². The van der Waals surface area contributed by atoms with E-state index in [1.54, 1.807) is 0 Å². The zero-order valence-corrected chi connectivity index (χ0v) is 13.5. The zero-order chi connectivity index (χ0) is 14.7. The molecule has 2 aliphatic heterocycles. The summed E-state index contributed by atoms with van der Waals surface area (Å²) in [5, 5.41) is 6.75. The van der Waals surface area contributed by atoms with Gasteiger partial charge in [-0.3, -0.25) is 4.79 Å². The Hall–Kier alpha value is -0.610. The molecule has 1 saturated carbocycles. The SMILES string of the molecule is CCCCN1CCC(NC(=O)C2CC23CCNCC3)CC1. The van der Waals surface area contributed by atoms with E-state index < -0.39 is 0 Å². The number of hydrogen-bond acceptors (Lipinski definition) is 3. The molecule has 1 atom stereocenters. The van der Waals surface area contributed by atoms with E-state index in [0.717, 1.165) is 45.4 Å². The first kappa shape index (κ1) is 15.3. The van der Waals surface area contributed by atoms with Gasteiger partial charge in [0, 0.05) is 25.0 Å². The molecular formula is C17H31N3O. The average Bonchev–Trinajstić information content (AvgIpc) is 3.21. The predicted molar refractivity (Wildman–Crippen MR) is 85.2 cm³/mol. The monoisotopic (exact) mass is 293 g/mol. The summed E-state index contributed by atoms with van der Waals surface area (Å²) in [6.45, 7) is 7.99. The number of likely N-dealkylation sites (tertiary alicyclic amines) is 1. The lowest BCUT2D eigenvalue weighted by Gasteiger charge is -2.32. The van der Waals surface area contributed by atoms with Crippen LogP contribution in [0.1, 0.15) is 51.9 Å². The smallest absolute Gasteiger partial charge is 0.223 e. The lowest BCUT2D eigenvalue weighted by Crippen LogP contribution is -2.46. The van der Waals surface area contributed by atoms with E-state index in [0.29, 0.717) is 23.3 Å². The van der Waals surface area contributed by atoms with Crippen LogP contribution >= 0.6 is 0 Å². The predicted octanol–water partition coefficient (Wildman–Crippen LogP) is 1.76. The fraction of sp³-hybridized carbons (Fsp3) is 0.941. The summed E-state index contributed by atoms with van der Waals surface area (Å²) >= 11 is 0. The van der Waals surface area contributed by atoms with Gasteiger partial charge >= 0.3 is 0 Å². The Bertz CT molecular complexity index is 357. The Labute approximate surface area is 129 Å². The molecule has 3 fully saturated rings. The van der Waals surface area contributed by atoms with Crippen molar-refractivity contribution in [1.29, 1.82) is 0 Å². The number of carbonyl (C=O) groups is 1. The van der Waals surface area contributed by atoms with Crippen LogP contribution in [0.15, 0.2) is 0 Å². The fourth-order valence-corrected chi connectivity index (χ4v) is 4.18. The summed E-state index contributed by atoms with van der Waals surface area (Å²) in [6, 6.07) is 0.426. The molecule has 0 aromatic carbocycles. The van der Waals surface area contributed by atoms with Crippen LogP contribution in [0.4, 0.5) is 0 Å². The van der Waals surface area contributed by atoms with Crippen LogP contribution in [0.5, 0.6) is 0 Å². The Morgan fingerprint density at radius 3 is 2.67 bits per heavy atom. The molecule has 0 bridgehead atoms. The molecular weight excluding hydrogens is 262 g/mol. The van der Waals surface area contributed by atoms with Crippen LogP contribution in [0, 0.1) is 11.3 Å². The first-order valence-corrected chi connectivity index (χ1v) is 8.97. The van der Waals surface area contributed by atoms with Gasteiger partial charge in [-0.15, -0.1) is 0 Å². The van der Waals surface area contributed by atoms with Crippen molar-refractivity contribution >= 4 is 5.91 Å². The van der Waals surface area contributed by atoms with Crippen molar-refractivity contribution in [2.75, 3.05) is 32.7 Å².